The van der Waals surface area contributed by atoms with Crippen LogP contribution in [0.5, 0.6) is 0 Å². The summed E-state index contributed by atoms with van der Waals surface area (Å²) in [4.78, 5) is 11.9. The van der Waals surface area contributed by atoms with Crippen molar-refractivity contribution in [3.8, 4) is 0 Å². The fourth-order valence-electron chi connectivity index (χ4n) is 2.25. The van der Waals surface area contributed by atoms with Crippen molar-refractivity contribution in [2.24, 2.45) is 11.7 Å². The molecule has 0 saturated heterocycles. The predicted octanol–water partition coefficient (Wildman–Crippen LogP) is 1.93. The first-order chi connectivity index (χ1) is 7.25. The molecule has 0 amide bonds. The van der Waals surface area contributed by atoms with E-state index in [9.17, 15) is 4.79 Å². The maximum Gasteiger partial charge on any atom is 0.140 e. The smallest absolute Gasteiger partial charge is 0.140 e. The van der Waals surface area contributed by atoms with Gasteiger partial charge in [-0.25, -0.2) is 0 Å². The van der Waals surface area contributed by atoms with Crippen LogP contribution in [0.15, 0.2) is 30.3 Å². The highest BCUT2D eigenvalue weighted by atomic mass is 16.1. The Morgan fingerprint density at radius 2 is 2.00 bits per heavy atom. The van der Waals surface area contributed by atoms with Crippen LogP contribution in [0.1, 0.15) is 24.8 Å². The van der Waals surface area contributed by atoms with Crippen molar-refractivity contribution in [1.82, 2.24) is 0 Å². The lowest BCUT2D eigenvalue weighted by Gasteiger charge is -2.08. The zero-order chi connectivity index (χ0) is 10.7. The second-order valence-corrected chi connectivity index (χ2v) is 4.40. The summed E-state index contributed by atoms with van der Waals surface area (Å²) in [6.07, 6.45) is 3.43. The van der Waals surface area contributed by atoms with Gasteiger partial charge in [0, 0.05) is 18.4 Å². The summed E-state index contributed by atoms with van der Waals surface area (Å²) in [6.45, 7) is 0. The first kappa shape index (κ1) is 10.4. The van der Waals surface area contributed by atoms with Crippen LogP contribution in [0.2, 0.25) is 0 Å². The number of rotatable bonds is 3. The highest BCUT2D eigenvalue weighted by Crippen LogP contribution is 2.25. The van der Waals surface area contributed by atoms with Gasteiger partial charge in [-0.1, -0.05) is 30.3 Å². The molecule has 0 spiro atoms. The molecule has 2 N–H and O–H groups in total. The zero-order valence-electron chi connectivity index (χ0n) is 8.86. The van der Waals surface area contributed by atoms with Crippen molar-refractivity contribution in [2.45, 2.75) is 31.7 Å². The van der Waals surface area contributed by atoms with Gasteiger partial charge in [-0.05, 0) is 24.8 Å². The average Bonchev–Trinajstić information content (AvgIpc) is 2.66. The van der Waals surface area contributed by atoms with E-state index in [1.807, 2.05) is 30.3 Å². The molecule has 0 heterocycles. The van der Waals surface area contributed by atoms with Gasteiger partial charge in [0.15, 0.2) is 0 Å². The van der Waals surface area contributed by atoms with Crippen LogP contribution in [0, 0.1) is 5.92 Å². The topological polar surface area (TPSA) is 43.1 Å². The lowest BCUT2D eigenvalue weighted by atomic mass is 9.96. The fourth-order valence-corrected chi connectivity index (χ4v) is 2.25. The van der Waals surface area contributed by atoms with Crippen LogP contribution in [-0.2, 0) is 11.2 Å². The highest BCUT2D eigenvalue weighted by Gasteiger charge is 2.27. The Morgan fingerprint density at radius 1 is 1.27 bits per heavy atom. The van der Waals surface area contributed by atoms with E-state index >= 15 is 0 Å². The van der Waals surface area contributed by atoms with Crippen LogP contribution in [0.4, 0.5) is 0 Å². The molecule has 1 aromatic carbocycles. The van der Waals surface area contributed by atoms with Crippen LogP contribution in [-0.4, -0.2) is 11.8 Å². The quantitative estimate of drug-likeness (QED) is 0.815. The third-order valence-corrected chi connectivity index (χ3v) is 3.15. The number of nitrogens with two attached hydrogens (primary N) is 1. The number of hydrogen-bond donors (Lipinski definition) is 1. The lowest BCUT2D eigenvalue weighted by Crippen LogP contribution is -2.19. The molecule has 2 unspecified atom stereocenters. The van der Waals surface area contributed by atoms with Gasteiger partial charge >= 0.3 is 0 Å². The van der Waals surface area contributed by atoms with Crippen molar-refractivity contribution in [3.05, 3.63) is 35.9 Å². The Hall–Kier alpha value is -1.15. The second kappa shape index (κ2) is 4.58. The number of ketones is 1. The molecule has 1 aliphatic carbocycles. The lowest BCUT2D eigenvalue weighted by molar-refractivity contribution is -0.122. The average molecular weight is 203 g/mol. The van der Waals surface area contributed by atoms with Crippen LogP contribution in [0.3, 0.4) is 0 Å². The van der Waals surface area contributed by atoms with Gasteiger partial charge in [-0.3, -0.25) is 4.79 Å². The summed E-state index contributed by atoms with van der Waals surface area (Å²) in [6, 6.07) is 10.2. The molecular weight excluding hydrogens is 186 g/mol. The van der Waals surface area contributed by atoms with Gasteiger partial charge in [0.2, 0.25) is 0 Å². The van der Waals surface area contributed by atoms with Crippen molar-refractivity contribution in [1.29, 1.82) is 0 Å². The molecule has 1 aromatic rings. The van der Waals surface area contributed by atoms with E-state index in [0.29, 0.717) is 12.2 Å². The van der Waals surface area contributed by atoms with Crippen molar-refractivity contribution >= 4 is 5.78 Å². The van der Waals surface area contributed by atoms with Gasteiger partial charge in [-0.15, -0.1) is 0 Å². The standard InChI is InChI=1S/C13H17NO/c14-12-7-6-11(9-12)13(15)8-10-4-2-1-3-5-10/h1-5,11-12H,6-9,14H2. The highest BCUT2D eigenvalue weighted by molar-refractivity contribution is 5.83. The molecule has 15 heavy (non-hydrogen) atoms. The monoisotopic (exact) mass is 203 g/mol. The number of carbonyl (C=O) groups excluding carboxylic acids is 1. The number of Topliss-reactive ketones (excluding diaryl/α,β-unsaturated/α-hetero) is 1. The fraction of sp³-hybridized carbons (Fsp3) is 0.462. The van der Waals surface area contributed by atoms with Crippen molar-refractivity contribution in [2.75, 3.05) is 0 Å². The van der Waals surface area contributed by atoms with Gasteiger partial charge in [-0.2, -0.15) is 0 Å². The molecular formula is C13H17NO. The first-order valence-electron chi connectivity index (χ1n) is 5.58. The van der Waals surface area contributed by atoms with Crippen LogP contribution in [0.25, 0.3) is 0 Å². The molecule has 0 radical (unpaired) electrons. The summed E-state index contributed by atoms with van der Waals surface area (Å²) in [5.74, 6) is 0.564. The molecule has 1 aliphatic rings. The van der Waals surface area contributed by atoms with E-state index in [0.717, 1.165) is 24.8 Å². The normalized spacial score (nSPS) is 25.4. The summed E-state index contributed by atoms with van der Waals surface area (Å²) in [7, 11) is 0. The minimum atomic E-state index is 0.209. The Morgan fingerprint density at radius 3 is 2.60 bits per heavy atom. The Labute approximate surface area is 90.5 Å². The maximum atomic E-state index is 11.9. The van der Waals surface area contributed by atoms with Gasteiger partial charge in [0.1, 0.15) is 5.78 Å². The summed E-state index contributed by atoms with van der Waals surface area (Å²) >= 11 is 0. The summed E-state index contributed by atoms with van der Waals surface area (Å²) < 4.78 is 0. The number of benzene rings is 1. The van der Waals surface area contributed by atoms with E-state index < -0.39 is 0 Å². The summed E-state index contributed by atoms with van der Waals surface area (Å²) in [5.41, 5.74) is 6.92. The van der Waals surface area contributed by atoms with E-state index in [4.69, 9.17) is 5.73 Å². The van der Waals surface area contributed by atoms with Gasteiger partial charge in [0.05, 0.1) is 0 Å². The van der Waals surface area contributed by atoms with Gasteiger partial charge in [0.25, 0.3) is 0 Å². The third-order valence-electron chi connectivity index (χ3n) is 3.15. The molecule has 2 heteroatoms. The zero-order valence-corrected chi connectivity index (χ0v) is 8.86. The third kappa shape index (κ3) is 2.66. The van der Waals surface area contributed by atoms with E-state index in [-0.39, 0.29) is 12.0 Å². The first-order valence-corrected chi connectivity index (χ1v) is 5.58. The molecule has 0 bridgehead atoms. The molecule has 1 saturated carbocycles. The molecule has 2 rings (SSSR count). The SMILES string of the molecule is NC1CCC(C(=O)Cc2ccccc2)C1. The molecule has 2 nitrogen and oxygen atoms in total. The number of hydrogen-bond acceptors (Lipinski definition) is 2. The molecule has 0 aromatic heterocycles. The van der Waals surface area contributed by atoms with E-state index in [2.05, 4.69) is 0 Å². The van der Waals surface area contributed by atoms with Gasteiger partial charge < -0.3 is 5.73 Å². The minimum Gasteiger partial charge on any atom is -0.328 e. The Kier molecular flexibility index (Phi) is 3.17. The predicted molar refractivity (Wildman–Crippen MR) is 60.5 cm³/mol. The molecule has 80 valence electrons. The largest absolute Gasteiger partial charge is 0.328 e. The van der Waals surface area contributed by atoms with Crippen molar-refractivity contribution < 1.29 is 4.79 Å². The summed E-state index contributed by atoms with van der Waals surface area (Å²) in [5, 5.41) is 0. The second-order valence-electron chi connectivity index (χ2n) is 4.40. The maximum absolute atomic E-state index is 11.9. The molecule has 2 atom stereocenters. The van der Waals surface area contributed by atoms with Crippen LogP contribution >= 0.6 is 0 Å². The molecule has 0 aliphatic heterocycles. The number of carbonyl (C=O) groups is 1. The van der Waals surface area contributed by atoms with Crippen LogP contribution < -0.4 is 5.73 Å². The minimum absolute atomic E-state index is 0.209. The Balaban J connectivity index is 1.93. The van der Waals surface area contributed by atoms with Crippen molar-refractivity contribution in [3.63, 3.8) is 0 Å². The molecule has 1 fully saturated rings. The Bertz CT molecular complexity index is 334. The van der Waals surface area contributed by atoms with E-state index in [1.54, 1.807) is 0 Å². The van der Waals surface area contributed by atoms with E-state index in [1.165, 1.54) is 0 Å².